The summed E-state index contributed by atoms with van der Waals surface area (Å²) in [4.78, 5) is 30.1. The summed E-state index contributed by atoms with van der Waals surface area (Å²) in [5.41, 5.74) is 0.633. The quantitative estimate of drug-likeness (QED) is 0.883. The predicted octanol–water partition coefficient (Wildman–Crippen LogP) is 2.56. The summed E-state index contributed by atoms with van der Waals surface area (Å²) in [6, 6.07) is 12.9. The topological polar surface area (TPSA) is 62.3 Å². The van der Waals surface area contributed by atoms with Crippen molar-refractivity contribution in [1.29, 1.82) is 0 Å². The second kappa shape index (κ2) is 6.04. The van der Waals surface area contributed by atoms with Crippen LogP contribution in [0.25, 0.3) is 6.08 Å². The molecule has 0 aliphatic carbocycles. The molecule has 1 aliphatic heterocycles. The molecule has 1 aromatic carbocycles. The lowest BCUT2D eigenvalue weighted by atomic mass is 9.93. The number of pyridine rings is 1. The highest BCUT2D eigenvalue weighted by molar-refractivity contribution is 6.07. The molecule has 5 nitrogen and oxygen atoms in total. The SMILES string of the molecule is CC1(c2cccnc2)NC(=O)N(CC=Cc2ccccc2)C1=O. The lowest BCUT2D eigenvalue weighted by molar-refractivity contribution is -0.130. The molecule has 1 saturated heterocycles. The molecule has 0 radical (unpaired) electrons. The Morgan fingerprint density at radius 3 is 2.65 bits per heavy atom. The molecule has 0 saturated carbocycles. The number of rotatable bonds is 4. The largest absolute Gasteiger partial charge is 0.325 e. The van der Waals surface area contributed by atoms with Gasteiger partial charge >= 0.3 is 6.03 Å². The van der Waals surface area contributed by atoms with Gasteiger partial charge < -0.3 is 5.32 Å². The number of nitrogens with zero attached hydrogens (tertiary/aromatic N) is 2. The summed E-state index contributed by atoms with van der Waals surface area (Å²) < 4.78 is 0. The lowest BCUT2D eigenvalue weighted by Gasteiger charge is -2.21. The second-order valence-corrected chi connectivity index (χ2v) is 5.53. The molecule has 0 bridgehead atoms. The molecule has 23 heavy (non-hydrogen) atoms. The van der Waals surface area contributed by atoms with E-state index in [-0.39, 0.29) is 18.5 Å². The van der Waals surface area contributed by atoms with E-state index in [2.05, 4.69) is 10.3 Å². The van der Waals surface area contributed by atoms with Crippen molar-refractivity contribution < 1.29 is 9.59 Å². The molecule has 0 spiro atoms. The van der Waals surface area contributed by atoms with E-state index < -0.39 is 5.54 Å². The van der Waals surface area contributed by atoms with Gasteiger partial charge in [-0.15, -0.1) is 0 Å². The average Bonchev–Trinajstić information content (AvgIpc) is 2.81. The van der Waals surface area contributed by atoms with Crippen molar-refractivity contribution in [3.63, 3.8) is 0 Å². The van der Waals surface area contributed by atoms with Crippen molar-refractivity contribution in [2.75, 3.05) is 6.54 Å². The van der Waals surface area contributed by atoms with Crippen molar-refractivity contribution >= 4 is 18.0 Å². The van der Waals surface area contributed by atoms with Gasteiger partial charge in [0.15, 0.2) is 0 Å². The van der Waals surface area contributed by atoms with Crippen molar-refractivity contribution in [2.24, 2.45) is 0 Å². The number of hydrogen-bond acceptors (Lipinski definition) is 3. The molecule has 1 unspecified atom stereocenters. The van der Waals surface area contributed by atoms with Gasteiger partial charge in [0.05, 0.1) is 0 Å². The Hall–Kier alpha value is -2.95. The number of carbonyl (C=O) groups excluding carboxylic acids is 2. The summed E-state index contributed by atoms with van der Waals surface area (Å²) >= 11 is 0. The minimum atomic E-state index is -1.06. The van der Waals surface area contributed by atoms with Crippen LogP contribution in [-0.2, 0) is 10.3 Å². The van der Waals surface area contributed by atoms with E-state index in [1.54, 1.807) is 31.5 Å². The fourth-order valence-electron chi connectivity index (χ4n) is 2.58. The van der Waals surface area contributed by atoms with E-state index in [4.69, 9.17) is 0 Å². The van der Waals surface area contributed by atoms with E-state index in [9.17, 15) is 9.59 Å². The van der Waals surface area contributed by atoms with Crippen LogP contribution in [-0.4, -0.2) is 28.4 Å². The van der Waals surface area contributed by atoms with Gasteiger partial charge in [-0.1, -0.05) is 48.6 Å². The average molecular weight is 307 g/mol. The number of nitrogens with one attached hydrogen (secondary N) is 1. The Morgan fingerprint density at radius 2 is 1.96 bits per heavy atom. The number of amides is 3. The number of hydrogen-bond donors (Lipinski definition) is 1. The van der Waals surface area contributed by atoms with E-state index >= 15 is 0 Å². The van der Waals surface area contributed by atoms with Crippen LogP contribution in [0.5, 0.6) is 0 Å². The standard InChI is InChI=1S/C18H17N3O2/c1-18(15-10-5-11-19-13-15)16(22)21(17(23)20-18)12-6-9-14-7-3-2-4-8-14/h2-11,13H,12H2,1H3,(H,20,23). The number of carbonyl (C=O) groups is 2. The van der Waals surface area contributed by atoms with E-state index in [0.29, 0.717) is 5.56 Å². The van der Waals surface area contributed by atoms with Crippen LogP contribution in [0.2, 0.25) is 0 Å². The highest BCUT2D eigenvalue weighted by Gasteiger charge is 2.48. The van der Waals surface area contributed by atoms with Crippen molar-refractivity contribution in [1.82, 2.24) is 15.2 Å². The van der Waals surface area contributed by atoms with Gasteiger partial charge in [0.25, 0.3) is 5.91 Å². The fourth-order valence-corrected chi connectivity index (χ4v) is 2.58. The Bertz CT molecular complexity index is 743. The van der Waals surface area contributed by atoms with Gasteiger partial charge in [-0.25, -0.2) is 4.79 Å². The summed E-state index contributed by atoms with van der Waals surface area (Å²) in [5, 5.41) is 2.76. The molecule has 1 aliphatic rings. The number of benzene rings is 1. The van der Waals surface area contributed by atoms with Gasteiger partial charge in [-0.2, -0.15) is 0 Å². The maximum atomic E-state index is 12.7. The van der Waals surface area contributed by atoms with Gasteiger partial charge in [-0.05, 0) is 18.6 Å². The fraction of sp³-hybridized carbons (Fsp3) is 0.167. The van der Waals surface area contributed by atoms with E-state index in [0.717, 1.165) is 5.56 Å². The molecule has 2 heterocycles. The normalized spacial score (nSPS) is 21.0. The molecule has 3 amide bonds. The van der Waals surface area contributed by atoms with Gasteiger partial charge in [0, 0.05) is 24.5 Å². The van der Waals surface area contributed by atoms with Crippen LogP contribution in [0, 0.1) is 0 Å². The molecular weight excluding hydrogens is 290 g/mol. The van der Waals surface area contributed by atoms with Crippen molar-refractivity contribution in [3.8, 4) is 0 Å². The Morgan fingerprint density at radius 1 is 1.17 bits per heavy atom. The monoisotopic (exact) mass is 307 g/mol. The first-order valence-electron chi connectivity index (χ1n) is 7.37. The lowest BCUT2D eigenvalue weighted by Crippen LogP contribution is -2.41. The van der Waals surface area contributed by atoms with E-state index in [1.807, 2.05) is 42.5 Å². The zero-order valence-corrected chi connectivity index (χ0v) is 12.8. The molecule has 1 atom stereocenters. The van der Waals surface area contributed by atoms with Crippen molar-refractivity contribution in [2.45, 2.75) is 12.5 Å². The summed E-state index contributed by atoms with van der Waals surface area (Å²) in [7, 11) is 0. The van der Waals surface area contributed by atoms with Crippen LogP contribution in [0.1, 0.15) is 18.1 Å². The predicted molar refractivity (Wildman–Crippen MR) is 87.3 cm³/mol. The highest BCUT2D eigenvalue weighted by Crippen LogP contribution is 2.28. The second-order valence-electron chi connectivity index (χ2n) is 5.53. The van der Waals surface area contributed by atoms with Crippen LogP contribution in [0.15, 0.2) is 60.9 Å². The Kier molecular flexibility index (Phi) is 3.93. The zero-order valence-electron chi connectivity index (χ0n) is 12.8. The van der Waals surface area contributed by atoms with Gasteiger partial charge in [-0.3, -0.25) is 14.7 Å². The molecule has 2 aromatic rings. The summed E-state index contributed by atoms with van der Waals surface area (Å²) in [6.07, 6.45) is 6.93. The summed E-state index contributed by atoms with van der Waals surface area (Å²) in [6.45, 7) is 1.93. The smallest absolute Gasteiger partial charge is 0.319 e. The molecule has 3 rings (SSSR count). The maximum absolute atomic E-state index is 12.7. The third kappa shape index (κ3) is 2.85. The van der Waals surface area contributed by atoms with E-state index in [1.165, 1.54) is 4.90 Å². The number of imide groups is 1. The van der Waals surface area contributed by atoms with Crippen LogP contribution in [0.4, 0.5) is 4.79 Å². The third-order valence-corrected chi connectivity index (χ3v) is 3.91. The summed E-state index contributed by atoms with van der Waals surface area (Å²) in [5.74, 6) is -0.270. The molecule has 1 N–H and O–H groups in total. The first-order chi connectivity index (χ1) is 11.1. The molecular formula is C18H17N3O2. The van der Waals surface area contributed by atoms with Crippen LogP contribution in [0.3, 0.4) is 0 Å². The Labute approximate surface area is 134 Å². The third-order valence-electron chi connectivity index (χ3n) is 3.91. The molecule has 5 heteroatoms. The first-order valence-corrected chi connectivity index (χ1v) is 7.37. The molecule has 116 valence electrons. The maximum Gasteiger partial charge on any atom is 0.325 e. The highest BCUT2D eigenvalue weighted by atomic mass is 16.2. The molecule has 1 fully saturated rings. The van der Waals surface area contributed by atoms with Crippen LogP contribution >= 0.6 is 0 Å². The van der Waals surface area contributed by atoms with Gasteiger partial charge in [0.2, 0.25) is 0 Å². The number of urea groups is 1. The number of aromatic nitrogens is 1. The zero-order chi connectivity index (χ0) is 16.3. The first kappa shape index (κ1) is 15.0. The van der Waals surface area contributed by atoms with Crippen molar-refractivity contribution in [3.05, 3.63) is 72.1 Å². The Balaban J connectivity index is 1.76. The minimum absolute atomic E-state index is 0.232. The van der Waals surface area contributed by atoms with Gasteiger partial charge in [0.1, 0.15) is 5.54 Å². The minimum Gasteiger partial charge on any atom is -0.319 e. The molecule has 1 aromatic heterocycles. The van der Waals surface area contributed by atoms with Crippen LogP contribution < -0.4 is 5.32 Å².